The molecule has 0 radical (unpaired) electrons. The maximum absolute atomic E-state index is 12.6. The van der Waals surface area contributed by atoms with Crippen LogP contribution in [0.2, 0.25) is 5.02 Å². The average Bonchev–Trinajstić information content (AvgIpc) is 2.57. The zero-order chi connectivity index (χ0) is 20.2. The van der Waals surface area contributed by atoms with Crippen molar-refractivity contribution in [2.24, 2.45) is 0 Å². The Hall–Kier alpha value is -2.30. The Labute approximate surface area is 157 Å². The molecule has 1 amide bonds. The maximum atomic E-state index is 12.6. The number of nitrogens with one attached hydrogen (secondary N) is 1. The molecule has 0 saturated carbocycles. The number of halogens is 4. The highest BCUT2D eigenvalue weighted by molar-refractivity contribution is 7.85. The van der Waals surface area contributed by atoms with E-state index in [9.17, 15) is 26.4 Å². The standard InChI is InChI=1S/C16H13ClF3NO5S/c17-13-7-12(16(18,19)20)5-6-14(13)26-8-10-1-3-11(4-2-10)15(22)21-9-27(23,24)25/h1-7H,8-9H2,(H,21,22)(H,23,24,25). The van der Waals surface area contributed by atoms with Gasteiger partial charge in [-0.15, -0.1) is 0 Å². The van der Waals surface area contributed by atoms with Crippen molar-refractivity contribution in [1.29, 1.82) is 0 Å². The maximum Gasteiger partial charge on any atom is 0.416 e. The number of amides is 1. The summed E-state index contributed by atoms with van der Waals surface area (Å²) in [5.41, 5.74) is -0.146. The Bertz CT molecular complexity index is 930. The molecule has 2 N–H and O–H groups in total. The van der Waals surface area contributed by atoms with E-state index in [-0.39, 0.29) is 22.9 Å². The monoisotopic (exact) mass is 423 g/mol. The molecule has 0 aromatic heterocycles. The van der Waals surface area contributed by atoms with Crippen molar-refractivity contribution in [3.8, 4) is 5.75 Å². The van der Waals surface area contributed by atoms with Crippen molar-refractivity contribution < 1.29 is 35.7 Å². The lowest BCUT2D eigenvalue weighted by atomic mass is 10.1. The number of ether oxygens (including phenoxy) is 1. The molecule has 2 aromatic carbocycles. The fraction of sp³-hybridized carbons (Fsp3) is 0.188. The summed E-state index contributed by atoms with van der Waals surface area (Å²) in [6.45, 7) is -0.0159. The van der Waals surface area contributed by atoms with Crippen LogP contribution in [0.3, 0.4) is 0 Å². The minimum atomic E-state index is -4.51. The van der Waals surface area contributed by atoms with Gasteiger partial charge in [0.1, 0.15) is 18.2 Å². The quantitative estimate of drug-likeness (QED) is 0.693. The van der Waals surface area contributed by atoms with Crippen molar-refractivity contribution in [3.63, 3.8) is 0 Å². The van der Waals surface area contributed by atoms with Crippen molar-refractivity contribution in [1.82, 2.24) is 5.32 Å². The molecule has 0 bridgehead atoms. The average molecular weight is 424 g/mol. The van der Waals surface area contributed by atoms with Gasteiger partial charge in [-0.3, -0.25) is 9.35 Å². The van der Waals surface area contributed by atoms with Gasteiger partial charge in [-0.2, -0.15) is 21.6 Å². The Morgan fingerprint density at radius 3 is 2.30 bits per heavy atom. The highest BCUT2D eigenvalue weighted by atomic mass is 35.5. The first-order valence-corrected chi connectivity index (χ1v) is 9.26. The Morgan fingerprint density at radius 1 is 1.15 bits per heavy atom. The smallest absolute Gasteiger partial charge is 0.416 e. The van der Waals surface area contributed by atoms with E-state index in [4.69, 9.17) is 20.9 Å². The van der Waals surface area contributed by atoms with Gasteiger partial charge in [0.2, 0.25) is 0 Å². The number of alkyl halides is 3. The van der Waals surface area contributed by atoms with E-state index >= 15 is 0 Å². The summed E-state index contributed by atoms with van der Waals surface area (Å²) in [5.74, 6) is -1.55. The van der Waals surface area contributed by atoms with Crippen molar-refractivity contribution in [3.05, 3.63) is 64.2 Å². The number of carbonyl (C=O) groups is 1. The van der Waals surface area contributed by atoms with Gasteiger partial charge in [0.15, 0.2) is 0 Å². The number of carbonyl (C=O) groups excluding carboxylic acids is 1. The second-order valence-electron chi connectivity index (χ2n) is 5.36. The van der Waals surface area contributed by atoms with Crippen LogP contribution in [-0.2, 0) is 22.9 Å². The second kappa shape index (κ2) is 8.15. The van der Waals surface area contributed by atoms with Crippen LogP contribution in [-0.4, -0.2) is 24.8 Å². The van der Waals surface area contributed by atoms with Gasteiger partial charge in [0.25, 0.3) is 16.0 Å². The van der Waals surface area contributed by atoms with E-state index < -0.39 is 33.6 Å². The molecular formula is C16H13ClF3NO5S. The second-order valence-corrected chi connectivity index (χ2v) is 7.22. The minimum Gasteiger partial charge on any atom is -0.487 e. The van der Waals surface area contributed by atoms with Crippen molar-refractivity contribution >= 4 is 27.6 Å². The first kappa shape index (κ1) is 21.0. The lowest BCUT2D eigenvalue weighted by molar-refractivity contribution is -0.137. The Kier molecular flexibility index (Phi) is 6.34. The first-order valence-electron chi connectivity index (χ1n) is 7.27. The molecule has 0 spiro atoms. The molecule has 0 atom stereocenters. The van der Waals surface area contributed by atoms with E-state index in [2.05, 4.69) is 0 Å². The van der Waals surface area contributed by atoms with E-state index in [1.165, 1.54) is 24.3 Å². The highest BCUT2D eigenvalue weighted by Crippen LogP contribution is 2.34. The molecule has 0 aliphatic rings. The lowest BCUT2D eigenvalue weighted by Gasteiger charge is -2.11. The zero-order valence-electron chi connectivity index (χ0n) is 13.5. The molecule has 6 nitrogen and oxygen atoms in total. The van der Waals surface area contributed by atoms with Crippen molar-refractivity contribution in [2.45, 2.75) is 12.8 Å². The third kappa shape index (κ3) is 6.42. The molecule has 0 aliphatic carbocycles. The van der Waals surface area contributed by atoms with E-state index in [1.807, 2.05) is 5.32 Å². The number of benzene rings is 2. The molecule has 2 rings (SSSR count). The molecule has 2 aromatic rings. The van der Waals surface area contributed by atoms with Gasteiger partial charge in [-0.1, -0.05) is 23.7 Å². The van der Waals surface area contributed by atoms with Gasteiger partial charge in [-0.05, 0) is 35.9 Å². The summed E-state index contributed by atoms with van der Waals surface area (Å²) in [7, 11) is -4.33. The van der Waals surface area contributed by atoms with Gasteiger partial charge in [0.05, 0.1) is 10.6 Å². The van der Waals surface area contributed by atoms with Crippen LogP contribution in [0.25, 0.3) is 0 Å². The zero-order valence-corrected chi connectivity index (χ0v) is 15.0. The van der Waals surface area contributed by atoms with Gasteiger partial charge >= 0.3 is 6.18 Å². The molecule has 0 fully saturated rings. The molecule has 0 aliphatic heterocycles. The molecule has 0 saturated heterocycles. The Balaban J connectivity index is 1.98. The summed E-state index contributed by atoms with van der Waals surface area (Å²) >= 11 is 5.79. The largest absolute Gasteiger partial charge is 0.487 e. The molecule has 0 unspecified atom stereocenters. The first-order chi connectivity index (χ1) is 12.5. The predicted octanol–water partition coefficient (Wildman–Crippen LogP) is 3.51. The number of hydrogen-bond acceptors (Lipinski definition) is 4. The number of rotatable bonds is 6. The van der Waals surface area contributed by atoms with E-state index in [0.717, 1.165) is 18.2 Å². The molecule has 27 heavy (non-hydrogen) atoms. The highest BCUT2D eigenvalue weighted by Gasteiger charge is 2.31. The predicted molar refractivity (Wildman–Crippen MR) is 91.1 cm³/mol. The normalized spacial score (nSPS) is 11.9. The Morgan fingerprint density at radius 2 is 1.78 bits per heavy atom. The third-order valence-electron chi connectivity index (χ3n) is 3.28. The van der Waals surface area contributed by atoms with Gasteiger partial charge in [0, 0.05) is 5.56 Å². The third-order valence-corrected chi connectivity index (χ3v) is 4.09. The topological polar surface area (TPSA) is 92.7 Å². The van der Waals surface area contributed by atoms with Crippen LogP contribution in [0.5, 0.6) is 5.75 Å². The van der Waals surface area contributed by atoms with Crippen LogP contribution < -0.4 is 10.1 Å². The molecular weight excluding hydrogens is 411 g/mol. The molecule has 146 valence electrons. The summed E-state index contributed by atoms with van der Waals surface area (Å²) in [5, 5.41) is 1.83. The van der Waals surface area contributed by atoms with Crippen LogP contribution >= 0.6 is 11.6 Å². The summed E-state index contributed by atoms with van der Waals surface area (Å²) in [6.07, 6.45) is -4.51. The van der Waals surface area contributed by atoms with Gasteiger partial charge in [-0.25, -0.2) is 0 Å². The SMILES string of the molecule is O=C(NCS(=O)(=O)O)c1ccc(COc2ccc(C(F)(F)F)cc2Cl)cc1. The number of hydrogen-bond donors (Lipinski definition) is 2. The van der Waals surface area contributed by atoms with Crippen LogP contribution in [0.1, 0.15) is 21.5 Å². The summed E-state index contributed by atoms with van der Waals surface area (Å²) < 4.78 is 72.9. The van der Waals surface area contributed by atoms with Crippen LogP contribution in [0.4, 0.5) is 13.2 Å². The fourth-order valence-corrected chi connectivity index (χ4v) is 2.52. The van der Waals surface area contributed by atoms with Crippen LogP contribution in [0, 0.1) is 0 Å². The van der Waals surface area contributed by atoms with Crippen LogP contribution in [0.15, 0.2) is 42.5 Å². The lowest BCUT2D eigenvalue weighted by Crippen LogP contribution is -2.29. The molecule has 11 heteroatoms. The summed E-state index contributed by atoms with van der Waals surface area (Å²) in [4.78, 5) is 11.7. The fourth-order valence-electron chi connectivity index (χ4n) is 1.97. The van der Waals surface area contributed by atoms with Crippen molar-refractivity contribution in [2.75, 3.05) is 5.88 Å². The van der Waals surface area contributed by atoms with E-state index in [1.54, 1.807) is 0 Å². The summed E-state index contributed by atoms with van der Waals surface area (Å²) in [6, 6.07) is 8.55. The van der Waals surface area contributed by atoms with Gasteiger partial charge < -0.3 is 10.1 Å². The van der Waals surface area contributed by atoms with E-state index in [0.29, 0.717) is 5.56 Å². The minimum absolute atomic E-state index is 0.0159. The molecule has 0 heterocycles.